The number of carbonyl (C=O) groups excluding carboxylic acids is 1. The molecule has 0 radical (unpaired) electrons. The molecule has 3 aromatic rings. The third-order valence-electron chi connectivity index (χ3n) is 4.03. The number of amides is 1. The van der Waals surface area contributed by atoms with E-state index < -0.39 is 0 Å². The van der Waals surface area contributed by atoms with Crippen LogP contribution in [0.2, 0.25) is 0 Å². The maximum Gasteiger partial charge on any atom is 0.256 e. The van der Waals surface area contributed by atoms with Crippen molar-refractivity contribution in [3.8, 4) is 0 Å². The van der Waals surface area contributed by atoms with Crippen LogP contribution >= 0.6 is 11.3 Å². The first-order valence-corrected chi connectivity index (χ1v) is 8.48. The Hall–Kier alpha value is -2.34. The van der Waals surface area contributed by atoms with Crippen molar-refractivity contribution in [2.24, 2.45) is 0 Å². The van der Waals surface area contributed by atoms with Crippen LogP contribution in [0.1, 0.15) is 33.9 Å². The second kappa shape index (κ2) is 5.70. The van der Waals surface area contributed by atoms with Crippen LogP contribution in [0, 0.1) is 6.92 Å². The first-order chi connectivity index (χ1) is 11.2. The van der Waals surface area contributed by atoms with E-state index >= 15 is 0 Å². The second-order valence-electron chi connectivity index (χ2n) is 5.77. The average molecular weight is 324 g/mol. The van der Waals surface area contributed by atoms with Crippen LogP contribution in [0.4, 0.5) is 0 Å². The molecule has 5 nitrogen and oxygen atoms in total. The molecule has 0 atom stereocenters. The fourth-order valence-corrected chi connectivity index (χ4v) is 3.64. The van der Waals surface area contributed by atoms with Crippen molar-refractivity contribution in [3.05, 3.63) is 52.8 Å². The number of hydrogen-bond donors (Lipinski definition) is 0. The Kier molecular flexibility index (Phi) is 3.53. The number of fused-ring (bicyclic) bond motifs is 1. The molecule has 6 heteroatoms. The van der Waals surface area contributed by atoms with Gasteiger partial charge in [0.15, 0.2) is 0 Å². The largest absolute Gasteiger partial charge is 0.329 e. The second-order valence-corrected chi connectivity index (χ2v) is 6.89. The van der Waals surface area contributed by atoms with Crippen molar-refractivity contribution in [1.82, 2.24) is 20.1 Å². The van der Waals surface area contributed by atoms with E-state index in [1.165, 1.54) is 0 Å². The summed E-state index contributed by atoms with van der Waals surface area (Å²) >= 11 is 1.65. The van der Waals surface area contributed by atoms with Gasteiger partial charge < -0.3 is 4.90 Å². The van der Waals surface area contributed by atoms with Gasteiger partial charge in [0.25, 0.3) is 5.91 Å². The highest BCUT2D eigenvalue weighted by atomic mass is 32.1. The van der Waals surface area contributed by atoms with Crippen molar-refractivity contribution in [2.75, 3.05) is 0 Å². The Morgan fingerprint density at radius 3 is 2.87 bits per heavy atom. The first kappa shape index (κ1) is 14.3. The van der Waals surface area contributed by atoms with Crippen LogP contribution in [0.25, 0.3) is 10.2 Å². The molecule has 2 aromatic heterocycles. The summed E-state index contributed by atoms with van der Waals surface area (Å²) in [5.74, 6) is 0.0270. The summed E-state index contributed by atoms with van der Waals surface area (Å²) in [7, 11) is 0. The van der Waals surface area contributed by atoms with E-state index in [0.29, 0.717) is 23.8 Å². The van der Waals surface area contributed by atoms with Crippen LogP contribution in [0.3, 0.4) is 0 Å². The molecular formula is C17H16N4OS. The molecule has 0 saturated heterocycles. The Bertz CT molecular complexity index is 839. The zero-order valence-corrected chi connectivity index (χ0v) is 13.6. The van der Waals surface area contributed by atoms with Crippen molar-refractivity contribution < 1.29 is 4.79 Å². The standard InChI is InChI=1S/C17H16N4OS/c1-11-13(8-9-18-20-11)17(22)21(12-6-7-12)10-16-19-14-4-2-3-5-15(14)23-16/h2-5,8-9,12H,6-7,10H2,1H3. The molecular weight excluding hydrogens is 308 g/mol. The van der Waals surface area contributed by atoms with E-state index in [0.717, 1.165) is 28.1 Å². The number of para-hydroxylation sites is 1. The summed E-state index contributed by atoms with van der Waals surface area (Å²) in [6.45, 7) is 2.38. The summed E-state index contributed by atoms with van der Waals surface area (Å²) in [6, 6.07) is 10.1. The molecule has 0 unspecified atom stereocenters. The molecule has 1 fully saturated rings. The zero-order valence-electron chi connectivity index (χ0n) is 12.8. The minimum Gasteiger partial charge on any atom is -0.329 e. The minimum absolute atomic E-state index is 0.0270. The normalized spacial score (nSPS) is 14.1. The molecule has 23 heavy (non-hydrogen) atoms. The highest BCUT2D eigenvalue weighted by Crippen LogP contribution is 2.31. The van der Waals surface area contributed by atoms with E-state index in [-0.39, 0.29) is 5.91 Å². The molecule has 0 bridgehead atoms. The van der Waals surface area contributed by atoms with Crippen LogP contribution in [-0.2, 0) is 6.54 Å². The van der Waals surface area contributed by atoms with Gasteiger partial charge in [0, 0.05) is 6.04 Å². The lowest BCUT2D eigenvalue weighted by atomic mass is 10.2. The molecule has 1 aromatic carbocycles. The van der Waals surface area contributed by atoms with E-state index in [4.69, 9.17) is 0 Å². The topological polar surface area (TPSA) is 59.0 Å². The van der Waals surface area contributed by atoms with Crippen LogP contribution < -0.4 is 0 Å². The smallest absolute Gasteiger partial charge is 0.256 e. The number of thiazole rings is 1. The van der Waals surface area contributed by atoms with Crippen LogP contribution in [-0.4, -0.2) is 32.0 Å². The van der Waals surface area contributed by atoms with Gasteiger partial charge >= 0.3 is 0 Å². The predicted octanol–water partition coefficient (Wildman–Crippen LogP) is 3.20. The minimum atomic E-state index is 0.0270. The van der Waals surface area contributed by atoms with Crippen molar-refractivity contribution in [2.45, 2.75) is 32.4 Å². The first-order valence-electron chi connectivity index (χ1n) is 7.66. The highest BCUT2D eigenvalue weighted by molar-refractivity contribution is 7.18. The number of carbonyl (C=O) groups is 1. The van der Waals surface area contributed by atoms with Crippen LogP contribution in [0.15, 0.2) is 36.5 Å². The van der Waals surface area contributed by atoms with Gasteiger partial charge in [-0.25, -0.2) is 4.98 Å². The SMILES string of the molecule is Cc1nnccc1C(=O)N(Cc1nc2ccccc2s1)C1CC1. The van der Waals surface area contributed by atoms with Gasteiger partial charge in [-0.15, -0.1) is 11.3 Å². The molecule has 0 spiro atoms. The van der Waals surface area contributed by atoms with Crippen molar-refractivity contribution in [3.63, 3.8) is 0 Å². The average Bonchev–Trinajstić information content (AvgIpc) is 3.31. The number of aromatic nitrogens is 3. The quantitative estimate of drug-likeness (QED) is 0.739. The van der Waals surface area contributed by atoms with Gasteiger partial charge in [-0.2, -0.15) is 10.2 Å². The van der Waals surface area contributed by atoms with Gasteiger partial charge in [0.05, 0.1) is 34.2 Å². The highest BCUT2D eigenvalue weighted by Gasteiger charge is 2.34. The third-order valence-corrected chi connectivity index (χ3v) is 5.05. The maximum absolute atomic E-state index is 12.9. The lowest BCUT2D eigenvalue weighted by Gasteiger charge is -2.21. The maximum atomic E-state index is 12.9. The fraction of sp³-hybridized carbons (Fsp3) is 0.294. The van der Waals surface area contributed by atoms with Gasteiger partial charge in [-0.05, 0) is 38.0 Å². The lowest BCUT2D eigenvalue weighted by molar-refractivity contribution is 0.0728. The van der Waals surface area contributed by atoms with Crippen molar-refractivity contribution >= 4 is 27.5 Å². The number of aryl methyl sites for hydroxylation is 1. The van der Waals surface area contributed by atoms with E-state index in [1.807, 2.05) is 30.0 Å². The molecule has 1 aliphatic rings. The van der Waals surface area contributed by atoms with Crippen molar-refractivity contribution in [1.29, 1.82) is 0 Å². The molecule has 4 rings (SSSR count). The molecule has 2 heterocycles. The lowest BCUT2D eigenvalue weighted by Crippen LogP contribution is -2.33. The predicted molar refractivity (Wildman–Crippen MR) is 89.3 cm³/mol. The summed E-state index contributed by atoms with van der Waals surface area (Å²) in [4.78, 5) is 19.5. The Labute approximate surface area is 138 Å². The van der Waals surface area contributed by atoms with Gasteiger partial charge in [-0.1, -0.05) is 12.1 Å². The monoisotopic (exact) mass is 324 g/mol. The summed E-state index contributed by atoms with van der Waals surface area (Å²) < 4.78 is 1.16. The number of hydrogen-bond acceptors (Lipinski definition) is 5. The molecule has 0 aliphatic heterocycles. The van der Waals surface area contributed by atoms with E-state index in [2.05, 4.69) is 21.2 Å². The zero-order chi connectivity index (χ0) is 15.8. The van der Waals surface area contributed by atoms with Gasteiger partial charge in [-0.3, -0.25) is 4.79 Å². The summed E-state index contributed by atoms with van der Waals surface area (Å²) in [6.07, 6.45) is 3.70. The molecule has 116 valence electrons. The van der Waals surface area contributed by atoms with Gasteiger partial charge in [0.2, 0.25) is 0 Å². The number of nitrogens with zero attached hydrogens (tertiary/aromatic N) is 4. The Morgan fingerprint density at radius 2 is 2.13 bits per heavy atom. The van der Waals surface area contributed by atoms with E-state index in [9.17, 15) is 4.79 Å². The molecule has 1 aliphatic carbocycles. The molecule has 0 N–H and O–H groups in total. The summed E-state index contributed by atoms with van der Waals surface area (Å²) in [5, 5.41) is 8.80. The Balaban J connectivity index is 1.63. The fourth-order valence-electron chi connectivity index (χ4n) is 2.67. The Morgan fingerprint density at radius 1 is 1.30 bits per heavy atom. The van der Waals surface area contributed by atoms with E-state index in [1.54, 1.807) is 23.6 Å². The molecule has 1 saturated carbocycles. The van der Waals surface area contributed by atoms with Crippen LogP contribution in [0.5, 0.6) is 0 Å². The summed E-state index contributed by atoms with van der Waals surface area (Å²) in [5.41, 5.74) is 2.30. The third kappa shape index (κ3) is 2.82. The number of rotatable bonds is 4. The number of benzene rings is 1. The van der Waals surface area contributed by atoms with Gasteiger partial charge in [0.1, 0.15) is 5.01 Å². The molecule has 1 amide bonds.